The maximum atomic E-state index is 11.8. The average molecular weight is 290 g/mol. The minimum Gasteiger partial charge on any atom is -0.348 e. The maximum Gasteiger partial charge on any atom is 0.471 e. The van der Waals surface area contributed by atoms with Gasteiger partial charge in [-0.1, -0.05) is 22.9 Å². The third kappa shape index (κ3) is 5.15. The van der Waals surface area contributed by atoms with Gasteiger partial charge in [-0.3, -0.25) is 9.59 Å². The third-order valence-electron chi connectivity index (χ3n) is 1.85. The van der Waals surface area contributed by atoms with Gasteiger partial charge in [0.1, 0.15) is 5.78 Å². The summed E-state index contributed by atoms with van der Waals surface area (Å²) in [4.78, 5) is 21.6. The van der Waals surface area contributed by atoms with Gasteiger partial charge >= 0.3 is 12.1 Å². The Hall–Kier alpha value is -0.590. The van der Waals surface area contributed by atoms with Gasteiger partial charge in [-0.2, -0.15) is 13.2 Å². The second-order valence-corrected chi connectivity index (χ2v) is 3.47. The standard InChI is InChI=1S/C8H11BrF3NO2/c1-2-5(6(14)3-9)4-13-7(15)8(10,11)12/h5H,2-4H2,1H3,(H,13,15). The molecule has 0 bridgehead atoms. The number of hydrogen-bond acceptors (Lipinski definition) is 2. The summed E-state index contributed by atoms with van der Waals surface area (Å²) in [5.41, 5.74) is 0. The number of rotatable bonds is 5. The van der Waals surface area contributed by atoms with E-state index in [0.29, 0.717) is 6.42 Å². The summed E-state index contributed by atoms with van der Waals surface area (Å²) in [5.74, 6) is -2.81. The normalized spacial score (nSPS) is 13.4. The molecule has 0 saturated heterocycles. The number of halogens is 4. The van der Waals surface area contributed by atoms with E-state index in [1.807, 2.05) is 0 Å². The molecule has 3 nitrogen and oxygen atoms in total. The van der Waals surface area contributed by atoms with Crippen molar-refractivity contribution in [3.05, 3.63) is 0 Å². The first-order chi connectivity index (χ1) is 6.82. The number of amides is 1. The van der Waals surface area contributed by atoms with Gasteiger partial charge in [-0.05, 0) is 6.42 Å². The molecule has 0 aliphatic rings. The van der Waals surface area contributed by atoms with Crippen LogP contribution in [0.5, 0.6) is 0 Å². The van der Waals surface area contributed by atoms with Gasteiger partial charge in [0, 0.05) is 12.5 Å². The van der Waals surface area contributed by atoms with Gasteiger partial charge in [0.15, 0.2) is 0 Å². The van der Waals surface area contributed by atoms with Crippen molar-refractivity contribution in [2.24, 2.45) is 5.92 Å². The quantitative estimate of drug-likeness (QED) is 0.783. The number of carbonyl (C=O) groups excluding carboxylic acids is 2. The zero-order chi connectivity index (χ0) is 12.1. The average Bonchev–Trinajstić information content (AvgIpc) is 2.16. The molecule has 0 spiro atoms. The molecule has 0 aromatic rings. The summed E-state index contributed by atoms with van der Waals surface area (Å²) in [6.45, 7) is 1.39. The molecular formula is C8H11BrF3NO2. The minimum absolute atomic E-state index is 0.0768. The summed E-state index contributed by atoms with van der Waals surface area (Å²) in [6, 6.07) is 0. The molecule has 1 atom stereocenters. The van der Waals surface area contributed by atoms with E-state index in [0.717, 1.165) is 0 Å². The number of nitrogens with one attached hydrogen (secondary N) is 1. The van der Waals surface area contributed by atoms with Gasteiger partial charge in [-0.15, -0.1) is 0 Å². The molecule has 15 heavy (non-hydrogen) atoms. The van der Waals surface area contributed by atoms with Crippen LogP contribution in [-0.2, 0) is 9.59 Å². The zero-order valence-corrected chi connectivity index (χ0v) is 9.61. The monoisotopic (exact) mass is 289 g/mol. The predicted molar refractivity (Wildman–Crippen MR) is 51.6 cm³/mol. The lowest BCUT2D eigenvalue weighted by Crippen LogP contribution is -2.40. The molecule has 0 heterocycles. The van der Waals surface area contributed by atoms with Crippen molar-refractivity contribution in [1.82, 2.24) is 5.32 Å². The van der Waals surface area contributed by atoms with E-state index in [1.165, 1.54) is 0 Å². The number of Topliss-reactive ketones (excluding diaryl/α,β-unsaturated/α-hetero) is 1. The zero-order valence-electron chi connectivity index (χ0n) is 8.03. The molecule has 0 fully saturated rings. The number of alkyl halides is 4. The molecule has 0 aliphatic heterocycles. The van der Waals surface area contributed by atoms with Gasteiger partial charge in [-0.25, -0.2) is 0 Å². The highest BCUT2D eigenvalue weighted by molar-refractivity contribution is 9.09. The first-order valence-corrected chi connectivity index (χ1v) is 5.38. The van der Waals surface area contributed by atoms with Crippen molar-refractivity contribution in [1.29, 1.82) is 0 Å². The van der Waals surface area contributed by atoms with Crippen LogP contribution in [0.25, 0.3) is 0 Å². The lowest BCUT2D eigenvalue weighted by atomic mass is 10.0. The second-order valence-electron chi connectivity index (χ2n) is 2.91. The Morgan fingerprint density at radius 1 is 1.40 bits per heavy atom. The Kier molecular flexibility index (Phi) is 5.85. The van der Waals surface area contributed by atoms with Crippen molar-refractivity contribution < 1.29 is 22.8 Å². The fourth-order valence-corrected chi connectivity index (χ4v) is 1.37. The van der Waals surface area contributed by atoms with E-state index in [-0.39, 0.29) is 17.7 Å². The molecule has 0 saturated carbocycles. The van der Waals surface area contributed by atoms with Crippen LogP contribution in [0.3, 0.4) is 0 Å². The van der Waals surface area contributed by atoms with E-state index in [9.17, 15) is 22.8 Å². The van der Waals surface area contributed by atoms with Gasteiger partial charge in [0.25, 0.3) is 0 Å². The van der Waals surface area contributed by atoms with Crippen molar-refractivity contribution >= 4 is 27.6 Å². The highest BCUT2D eigenvalue weighted by Crippen LogP contribution is 2.14. The van der Waals surface area contributed by atoms with Crippen LogP contribution < -0.4 is 5.32 Å². The number of ketones is 1. The Labute approximate surface area is 93.5 Å². The Morgan fingerprint density at radius 2 is 1.93 bits per heavy atom. The molecule has 7 heteroatoms. The van der Waals surface area contributed by atoms with E-state index in [4.69, 9.17) is 0 Å². The second kappa shape index (κ2) is 6.09. The van der Waals surface area contributed by atoms with Crippen LogP contribution in [0.1, 0.15) is 13.3 Å². The van der Waals surface area contributed by atoms with Gasteiger partial charge in [0.05, 0.1) is 5.33 Å². The Morgan fingerprint density at radius 3 is 2.27 bits per heavy atom. The summed E-state index contributed by atoms with van der Waals surface area (Å²) >= 11 is 2.92. The topological polar surface area (TPSA) is 46.2 Å². The smallest absolute Gasteiger partial charge is 0.348 e. The molecule has 0 aromatic carbocycles. The summed E-state index contributed by atoms with van der Waals surface area (Å²) < 4.78 is 35.3. The number of hydrogen-bond donors (Lipinski definition) is 1. The van der Waals surface area contributed by atoms with Crippen LogP contribution in [0.4, 0.5) is 13.2 Å². The Bertz CT molecular complexity index is 243. The molecule has 0 aromatic heterocycles. The van der Waals surface area contributed by atoms with Crippen LogP contribution in [0.2, 0.25) is 0 Å². The van der Waals surface area contributed by atoms with E-state index < -0.39 is 18.0 Å². The van der Waals surface area contributed by atoms with E-state index in [2.05, 4.69) is 15.9 Å². The summed E-state index contributed by atoms with van der Waals surface area (Å²) in [6.07, 6.45) is -4.50. The van der Waals surface area contributed by atoms with Crippen molar-refractivity contribution in [2.75, 3.05) is 11.9 Å². The first-order valence-electron chi connectivity index (χ1n) is 4.26. The molecule has 1 N–H and O–H groups in total. The molecule has 1 amide bonds. The highest BCUT2D eigenvalue weighted by atomic mass is 79.9. The van der Waals surface area contributed by atoms with Crippen LogP contribution in [-0.4, -0.2) is 29.7 Å². The SMILES string of the molecule is CCC(CNC(=O)C(F)(F)F)C(=O)CBr. The third-order valence-corrected chi connectivity index (χ3v) is 2.40. The van der Waals surface area contributed by atoms with E-state index >= 15 is 0 Å². The molecular weight excluding hydrogens is 279 g/mol. The lowest BCUT2D eigenvalue weighted by Gasteiger charge is -2.14. The number of carbonyl (C=O) groups is 2. The summed E-state index contributed by atoms with van der Waals surface area (Å²) in [5, 5.41) is 1.76. The van der Waals surface area contributed by atoms with Gasteiger partial charge < -0.3 is 5.32 Å². The fourth-order valence-electron chi connectivity index (χ4n) is 0.911. The predicted octanol–water partition coefficient (Wildman–Crippen LogP) is 1.66. The highest BCUT2D eigenvalue weighted by Gasteiger charge is 2.38. The maximum absolute atomic E-state index is 11.8. The molecule has 0 radical (unpaired) electrons. The molecule has 88 valence electrons. The minimum atomic E-state index is -4.89. The fraction of sp³-hybridized carbons (Fsp3) is 0.750. The van der Waals surface area contributed by atoms with Crippen LogP contribution >= 0.6 is 15.9 Å². The van der Waals surface area contributed by atoms with Crippen molar-refractivity contribution in [3.8, 4) is 0 Å². The largest absolute Gasteiger partial charge is 0.471 e. The van der Waals surface area contributed by atoms with Gasteiger partial charge in [0.2, 0.25) is 0 Å². The summed E-state index contributed by atoms with van der Waals surface area (Å²) in [7, 11) is 0. The Balaban J connectivity index is 4.13. The van der Waals surface area contributed by atoms with Crippen molar-refractivity contribution in [2.45, 2.75) is 19.5 Å². The molecule has 0 aliphatic carbocycles. The first kappa shape index (κ1) is 14.4. The van der Waals surface area contributed by atoms with Crippen LogP contribution in [0, 0.1) is 5.92 Å². The molecule has 0 rings (SSSR count). The lowest BCUT2D eigenvalue weighted by molar-refractivity contribution is -0.173. The van der Waals surface area contributed by atoms with Crippen molar-refractivity contribution in [3.63, 3.8) is 0 Å². The van der Waals surface area contributed by atoms with Crippen LogP contribution in [0.15, 0.2) is 0 Å². The molecule has 1 unspecified atom stereocenters. The van der Waals surface area contributed by atoms with E-state index in [1.54, 1.807) is 12.2 Å².